The van der Waals surface area contributed by atoms with Gasteiger partial charge in [0.1, 0.15) is 0 Å². The molecule has 1 heterocycles. The Morgan fingerprint density at radius 2 is 2.28 bits per heavy atom. The number of hydrogen-bond acceptors (Lipinski definition) is 4. The molecule has 0 radical (unpaired) electrons. The maximum atomic E-state index is 5.91. The van der Waals surface area contributed by atoms with Gasteiger partial charge in [-0.25, -0.2) is 9.97 Å². The van der Waals surface area contributed by atoms with Crippen molar-refractivity contribution in [3.63, 3.8) is 0 Å². The predicted octanol–water partition coefficient (Wildman–Crippen LogP) is 3.03. The van der Waals surface area contributed by atoms with E-state index < -0.39 is 0 Å². The number of rotatable bonds is 4. The van der Waals surface area contributed by atoms with Gasteiger partial charge in [-0.1, -0.05) is 31.5 Å². The fourth-order valence-corrected chi connectivity index (χ4v) is 4.07. The molecule has 3 unspecified atom stereocenters. The van der Waals surface area contributed by atoms with Gasteiger partial charge >= 0.3 is 0 Å². The van der Waals surface area contributed by atoms with E-state index in [-0.39, 0.29) is 0 Å². The highest BCUT2D eigenvalue weighted by Crippen LogP contribution is 2.39. The molecule has 18 heavy (non-hydrogen) atoms. The van der Waals surface area contributed by atoms with E-state index in [1.807, 2.05) is 30.9 Å². The molecule has 0 bridgehead atoms. The number of nitrogens with zero attached hydrogens (tertiary/aromatic N) is 2. The zero-order valence-electron chi connectivity index (χ0n) is 11.3. The van der Waals surface area contributed by atoms with Gasteiger partial charge in [0.15, 0.2) is 5.16 Å². The lowest BCUT2D eigenvalue weighted by Crippen LogP contribution is -2.32. The van der Waals surface area contributed by atoms with Crippen LogP contribution in [0.25, 0.3) is 0 Å². The van der Waals surface area contributed by atoms with Crippen LogP contribution in [0, 0.1) is 18.8 Å². The van der Waals surface area contributed by atoms with Crippen molar-refractivity contribution >= 4 is 11.8 Å². The van der Waals surface area contributed by atoms with Gasteiger partial charge in [-0.3, -0.25) is 0 Å². The molecule has 1 fully saturated rings. The van der Waals surface area contributed by atoms with Crippen LogP contribution in [-0.4, -0.2) is 21.8 Å². The van der Waals surface area contributed by atoms with Gasteiger partial charge in [-0.2, -0.15) is 0 Å². The third kappa shape index (κ3) is 3.45. The highest BCUT2D eigenvalue weighted by Gasteiger charge is 2.30. The van der Waals surface area contributed by atoms with Gasteiger partial charge < -0.3 is 5.73 Å². The summed E-state index contributed by atoms with van der Waals surface area (Å²) in [6, 6.07) is 1.94. The van der Waals surface area contributed by atoms with E-state index >= 15 is 0 Å². The molecule has 100 valence electrons. The van der Waals surface area contributed by atoms with Crippen LogP contribution in [0.2, 0.25) is 0 Å². The van der Waals surface area contributed by atoms with Crippen molar-refractivity contribution in [2.24, 2.45) is 17.6 Å². The van der Waals surface area contributed by atoms with Crippen molar-refractivity contribution in [1.82, 2.24) is 9.97 Å². The van der Waals surface area contributed by atoms with E-state index in [0.717, 1.165) is 23.3 Å². The van der Waals surface area contributed by atoms with Crippen molar-refractivity contribution in [3.8, 4) is 0 Å². The van der Waals surface area contributed by atoms with Crippen molar-refractivity contribution in [2.75, 3.05) is 6.54 Å². The molecule has 1 aromatic heterocycles. The molecule has 0 aliphatic heterocycles. The van der Waals surface area contributed by atoms with E-state index in [2.05, 4.69) is 16.9 Å². The summed E-state index contributed by atoms with van der Waals surface area (Å²) in [4.78, 5) is 8.86. The Morgan fingerprint density at radius 3 is 2.94 bits per heavy atom. The topological polar surface area (TPSA) is 51.8 Å². The molecule has 2 N–H and O–H groups in total. The number of thioether (sulfide) groups is 1. The molecule has 1 aliphatic rings. The number of hydrogen-bond donors (Lipinski definition) is 1. The highest BCUT2D eigenvalue weighted by molar-refractivity contribution is 7.99. The average Bonchev–Trinajstić information content (AvgIpc) is 2.38. The van der Waals surface area contributed by atoms with Crippen molar-refractivity contribution < 1.29 is 0 Å². The van der Waals surface area contributed by atoms with Crippen LogP contribution < -0.4 is 5.73 Å². The monoisotopic (exact) mass is 265 g/mol. The zero-order chi connectivity index (χ0) is 13.0. The summed E-state index contributed by atoms with van der Waals surface area (Å²) in [5.41, 5.74) is 6.95. The minimum atomic E-state index is 0.593. The van der Waals surface area contributed by atoms with Gasteiger partial charge in [0.25, 0.3) is 0 Å². The van der Waals surface area contributed by atoms with Crippen molar-refractivity contribution in [3.05, 3.63) is 18.0 Å². The van der Waals surface area contributed by atoms with E-state index in [1.54, 1.807) is 0 Å². The lowest BCUT2D eigenvalue weighted by molar-refractivity contribution is 0.283. The minimum absolute atomic E-state index is 0.593. The van der Waals surface area contributed by atoms with Crippen LogP contribution >= 0.6 is 11.8 Å². The highest BCUT2D eigenvalue weighted by atomic mass is 32.2. The van der Waals surface area contributed by atoms with E-state index in [4.69, 9.17) is 5.73 Å². The second-order valence-electron chi connectivity index (χ2n) is 5.22. The second kappa shape index (κ2) is 6.53. The minimum Gasteiger partial charge on any atom is -0.330 e. The first-order chi connectivity index (χ1) is 8.72. The van der Waals surface area contributed by atoms with E-state index in [9.17, 15) is 0 Å². The summed E-state index contributed by atoms with van der Waals surface area (Å²) >= 11 is 1.83. The van der Waals surface area contributed by atoms with Gasteiger partial charge in [-0.05, 0) is 44.2 Å². The molecule has 1 saturated carbocycles. The third-order valence-corrected chi connectivity index (χ3v) is 5.23. The Morgan fingerprint density at radius 1 is 1.44 bits per heavy atom. The van der Waals surface area contributed by atoms with Crippen LogP contribution in [0.15, 0.2) is 17.4 Å². The Balaban J connectivity index is 2.04. The largest absolute Gasteiger partial charge is 0.330 e. The molecule has 0 aromatic carbocycles. The number of aromatic nitrogens is 2. The van der Waals surface area contributed by atoms with Crippen molar-refractivity contribution in [1.29, 1.82) is 0 Å². The van der Waals surface area contributed by atoms with Crippen LogP contribution in [0.4, 0.5) is 0 Å². The summed E-state index contributed by atoms with van der Waals surface area (Å²) < 4.78 is 0. The number of nitrogens with two attached hydrogens (primary N) is 1. The molecule has 1 aromatic rings. The van der Waals surface area contributed by atoms with Gasteiger partial charge in [0, 0.05) is 17.1 Å². The first-order valence-electron chi connectivity index (χ1n) is 6.89. The lowest BCUT2D eigenvalue weighted by Gasteiger charge is -2.34. The molecular formula is C14H23N3S. The summed E-state index contributed by atoms with van der Waals surface area (Å²) in [7, 11) is 0. The number of aryl methyl sites for hydroxylation is 1. The van der Waals surface area contributed by atoms with Crippen LogP contribution in [0.5, 0.6) is 0 Å². The summed E-state index contributed by atoms with van der Waals surface area (Å²) in [5.74, 6) is 1.48. The van der Waals surface area contributed by atoms with E-state index in [0.29, 0.717) is 11.2 Å². The third-order valence-electron chi connectivity index (χ3n) is 3.95. The van der Waals surface area contributed by atoms with Gasteiger partial charge in [0.05, 0.1) is 0 Å². The van der Waals surface area contributed by atoms with E-state index in [1.165, 1.54) is 25.7 Å². The Bertz CT molecular complexity index is 383. The Labute approximate surface area is 114 Å². The smallest absolute Gasteiger partial charge is 0.188 e. The molecule has 3 atom stereocenters. The SMILES string of the molecule is CCC1CCC(CN)C(Sc2nccc(C)n2)C1. The predicted molar refractivity (Wildman–Crippen MR) is 76.6 cm³/mol. The lowest BCUT2D eigenvalue weighted by atomic mass is 9.80. The fourth-order valence-electron chi connectivity index (χ4n) is 2.68. The Hall–Kier alpha value is -0.610. The zero-order valence-corrected chi connectivity index (χ0v) is 12.1. The molecule has 0 spiro atoms. The normalized spacial score (nSPS) is 28.3. The first kappa shape index (κ1) is 13.8. The fraction of sp³-hybridized carbons (Fsp3) is 0.714. The molecular weight excluding hydrogens is 242 g/mol. The molecule has 0 amide bonds. The van der Waals surface area contributed by atoms with Gasteiger partial charge in [-0.15, -0.1) is 0 Å². The molecule has 2 rings (SSSR count). The molecule has 4 heteroatoms. The van der Waals surface area contributed by atoms with Gasteiger partial charge in [0.2, 0.25) is 0 Å². The van der Waals surface area contributed by atoms with Crippen LogP contribution in [0.3, 0.4) is 0 Å². The average molecular weight is 265 g/mol. The maximum Gasteiger partial charge on any atom is 0.188 e. The summed E-state index contributed by atoms with van der Waals surface area (Å²) in [6.07, 6.45) is 6.99. The molecule has 1 aliphatic carbocycles. The second-order valence-corrected chi connectivity index (χ2v) is 6.43. The van der Waals surface area contributed by atoms with Crippen LogP contribution in [0.1, 0.15) is 38.3 Å². The molecule has 3 nitrogen and oxygen atoms in total. The molecule has 0 saturated heterocycles. The standard InChI is InChI=1S/C14H23N3S/c1-3-11-4-5-12(9-15)13(8-11)18-14-16-7-6-10(2)17-14/h6-7,11-13H,3-5,8-9,15H2,1-2H3. The van der Waals surface area contributed by atoms with Crippen LogP contribution in [-0.2, 0) is 0 Å². The first-order valence-corrected chi connectivity index (χ1v) is 7.77. The summed E-state index contributed by atoms with van der Waals surface area (Å²) in [5, 5.41) is 1.51. The summed E-state index contributed by atoms with van der Waals surface area (Å²) in [6.45, 7) is 5.10. The van der Waals surface area contributed by atoms with Crippen molar-refractivity contribution in [2.45, 2.75) is 49.9 Å². The quantitative estimate of drug-likeness (QED) is 0.850. The Kier molecular flexibility index (Phi) is 5.01. The maximum absolute atomic E-state index is 5.91.